The van der Waals surface area contributed by atoms with Gasteiger partial charge in [0.2, 0.25) is 15.9 Å². The Balaban J connectivity index is 0.00000242. The van der Waals surface area contributed by atoms with Gasteiger partial charge < -0.3 is 10.6 Å². The van der Waals surface area contributed by atoms with Crippen LogP contribution >= 0.6 is 12.4 Å². The van der Waals surface area contributed by atoms with Gasteiger partial charge in [0.1, 0.15) is 5.75 Å². The number of sulfonamides is 1. The van der Waals surface area contributed by atoms with E-state index in [4.69, 9.17) is 5.73 Å². The summed E-state index contributed by atoms with van der Waals surface area (Å²) in [6.07, 6.45) is 0. The number of nitrogens with two attached hydrogens (primary N) is 1. The average molecular weight is 348 g/mol. The summed E-state index contributed by atoms with van der Waals surface area (Å²) in [6, 6.07) is 9.90. The summed E-state index contributed by atoms with van der Waals surface area (Å²) in [5, 5.41) is 0. The highest BCUT2D eigenvalue weighted by Gasteiger charge is 2.36. The predicted molar refractivity (Wildman–Crippen MR) is 88.4 cm³/mol. The Kier molecular flexibility index (Phi) is 6.80. The van der Waals surface area contributed by atoms with Crippen molar-refractivity contribution in [3.8, 4) is 0 Å². The molecule has 0 aliphatic carbocycles. The maximum atomic E-state index is 12.1. The van der Waals surface area contributed by atoms with Crippen molar-refractivity contribution in [3.63, 3.8) is 0 Å². The molecule has 8 heteroatoms. The summed E-state index contributed by atoms with van der Waals surface area (Å²) < 4.78 is 25.1. The molecule has 1 amide bonds. The predicted octanol–water partition coefficient (Wildman–Crippen LogP) is 0.158. The molecule has 0 radical (unpaired) electrons. The highest BCUT2D eigenvalue weighted by molar-refractivity contribution is 7.90. The molecule has 2 rings (SSSR count). The minimum Gasteiger partial charge on any atom is -0.341 e. The standard InChI is InChI=1S/C14H21N3O3S.ClH/c1-16-21(19,20)10-14(18)17-8-12(7-15)13(9-17)11-5-3-2-4-6-11;/h2-6,12-13,16H,7-10,15H2,1H3;1H/t12-,13+;/m1./s1. The van der Waals surface area contributed by atoms with Crippen LogP contribution in [0.2, 0.25) is 0 Å². The number of likely N-dealkylation sites (tertiary alicyclic amines) is 1. The van der Waals surface area contributed by atoms with Gasteiger partial charge in [-0.25, -0.2) is 13.1 Å². The van der Waals surface area contributed by atoms with Gasteiger partial charge >= 0.3 is 0 Å². The number of hydrogen-bond donors (Lipinski definition) is 2. The first-order chi connectivity index (χ1) is 9.96. The van der Waals surface area contributed by atoms with Crippen molar-refractivity contribution >= 4 is 28.3 Å². The topological polar surface area (TPSA) is 92.5 Å². The lowest BCUT2D eigenvalue weighted by Gasteiger charge is -2.16. The molecule has 6 nitrogen and oxygen atoms in total. The van der Waals surface area contributed by atoms with Crippen LogP contribution in [0.15, 0.2) is 30.3 Å². The van der Waals surface area contributed by atoms with E-state index in [0.717, 1.165) is 5.56 Å². The van der Waals surface area contributed by atoms with Crippen molar-refractivity contribution in [2.24, 2.45) is 11.7 Å². The summed E-state index contributed by atoms with van der Waals surface area (Å²) in [5.74, 6) is -0.560. The molecule has 1 saturated heterocycles. The second kappa shape index (κ2) is 7.92. The molecule has 1 aliphatic heterocycles. The monoisotopic (exact) mass is 347 g/mol. The van der Waals surface area contributed by atoms with Crippen molar-refractivity contribution < 1.29 is 13.2 Å². The number of benzene rings is 1. The van der Waals surface area contributed by atoms with E-state index < -0.39 is 15.8 Å². The molecule has 3 N–H and O–H groups in total. The first-order valence-electron chi connectivity index (χ1n) is 6.91. The van der Waals surface area contributed by atoms with Crippen LogP contribution in [0.1, 0.15) is 11.5 Å². The third kappa shape index (κ3) is 4.42. The lowest BCUT2D eigenvalue weighted by Crippen LogP contribution is -2.37. The fourth-order valence-corrected chi connectivity index (χ4v) is 3.37. The van der Waals surface area contributed by atoms with Crippen LogP contribution in [0.5, 0.6) is 0 Å². The van der Waals surface area contributed by atoms with Gasteiger partial charge in [-0.2, -0.15) is 0 Å². The number of hydrogen-bond acceptors (Lipinski definition) is 4. The average Bonchev–Trinajstić information content (AvgIpc) is 2.92. The molecule has 1 aromatic rings. The highest BCUT2D eigenvalue weighted by Crippen LogP contribution is 2.32. The van der Waals surface area contributed by atoms with Gasteiger partial charge in [0.15, 0.2) is 0 Å². The molecule has 0 bridgehead atoms. The Labute approximate surface area is 137 Å². The molecule has 0 aromatic heterocycles. The molecule has 2 atom stereocenters. The van der Waals surface area contributed by atoms with E-state index in [2.05, 4.69) is 4.72 Å². The van der Waals surface area contributed by atoms with E-state index >= 15 is 0 Å². The first kappa shape index (κ1) is 18.9. The zero-order chi connectivity index (χ0) is 15.5. The quantitative estimate of drug-likeness (QED) is 0.793. The van der Waals surface area contributed by atoms with Crippen LogP contribution in [-0.4, -0.2) is 51.7 Å². The molecule has 0 spiro atoms. The maximum absolute atomic E-state index is 12.1. The van der Waals surface area contributed by atoms with Crippen molar-refractivity contribution in [3.05, 3.63) is 35.9 Å². The number of carbonyl (C=O) groups is 1. The van der Waals surface area contributed by atoms with E-state index in [-0.39, 0.29) is 30.2 Å². The molecular formula is C14H22ClN3O3S. The van der Waals surface area contributed by atoms with E-state index in [1.165, 1.54) is 7.05 Å². The van der Waals surface area contributed by atoms with E-state index in [0.29, 0.717) is 19.6 Å². The van der Waals surface area contributed by atoms with Crippen molar-refractivity contribution in [2.45, 2.75) is 5.92 Å². The van der Waals surface area contributed by atoms with Gasteiger partial charge in [-0.3, -0.25) is 4.79 Å². The van der Waals surface area contributed by atoms with Gasteiger partial charge in [-0.15, -0.1) is 12.4 Å². The smallest absolute Gasteiger partial charge is 0.239 e. The second-order valence-corrected chi connectivity index (χ2v) is 7.20. The second-order valence-electron chi connectivity index (χ2n) is 5.27. The zero-order valence-electron chi connectivity index (χ0n) is 12.4. The van der Waals surface area contributed by atoms with E-state index in [1.807, 2.05) is 30.3 Å². The van der Waals surface area contributed by atoms with E-state index in [1.54, 1.807) is 4.90 Å². The van der Waals surface area contributed by atoms with Gasteiger partial charge in [-0.1, -0.05) is 30.3 Å². The molecular weight excluding hydrogens is 326 g/mol. The summed E-state index contributed by atoms with van der Waals surface area (Å²) in [6.45, 7) is 1.50. The summed E-state index contributed by atoms with van der Waals surface area (Å²) in [7, 11) is -2.23. The number of amides is 1. The fraction of sp³-hybridized carbons (Fsp3) is 0.500. The summed E-state index contributed by atoms with van der Waals surface area (Å²) in [4.78, 5) is 13.7. The van der Waals surface area contributed by atoms with Crippen molar-refractivity contribution in [2.75, 3.05) is 32.4 Å². The Morgan fingerprint density at radius 1 is 1.32 bits per heavy atom. The third-order valence-corrected chi connectivity index (χ3v) is 5.20. The Hall–Kier alpha value is -1.15. The number of carbonyl (C=O) groups excluding carboxylic acids is 1. The van der Waals surface area contributed by atoms with Crippen molar-refractivity contribution in [1.29, 1.82) is 0 Å². The van der Waals surface area contributed by atoms with Crippen LogP contribution in [0, 0.1) is 5.92 Å². The van der Waals surface area contributed by atoms with Crippen LogP contribution in [0.4, 0.5) is 0 Å². The minimum atomic E-state index is -3.53. The van der Waals surface area contributed by atoms with Crippen molar-refractivity contribution in [1.82, 2.24) is 9.62 Å². The zero-order valence-corrected chi connectivity index (χ0v) is 14.1. The van der Waals surface area contributed by atoms with Gasteiger partial charge in [-0.05, 0) is 25.1 Å². The number of halogens is 1. The Morgan fingerprint density at radius 2 is 1.95 bits per heavy atom. The van der Waals surface area contributed by atoms with E-state index in [9.17, 15) is 13.2 Å². The van der Waals surface area contributed by atoms with Gasteiger partial charge in [0, 0.05) is 19.0 Å². The van der Waals surface area contributed by atoms with Crippen LogP contribution in [0.25, 0.3) is 0 Å². The molecule has 22 heavy (non-hydrogen) atoms. The van der Waals surface area contributed by atoms with Gasteiger partial charge in [0.25, 0.3) is 0 Å². The maximum Gasteiger partial charge on any atom is 0.239 e. The largest absolute Gasteiger partial charge is 0.341 e. The lowest BCUT2D eigenvalue weighted by atomic mass is 9.89. The molecule has 1 aliphatic rings. The molecule has 1 fully saturated rings. The normalized spacial score (nSPS) is 21.5. The third-order valence-electron chi connectivity index (χ3n) is 3.95. The van der Waals surface area contributed by atoms with Crippen LogP contribution in [0.3, 0.4) is 0 Å². The number of rotatable bonds is 5. The number of nitrogens with one attached hydrogen (secondary N) is 1. The molecule has 1 aromatic carbocycles. The minimum absolute atomic E-state index is 0. The van der Waals surface area contributed by atoms with Crippen LogP contribution < -0.4 is 10.5 Å². The summed E-state index contributed by atoms with van der Waals surface area (Å²) >= 11 is 0. The lowest BCUT2D eigenvalue weighted by molar-refractivity contribution is -0.127. The Morgan fingerprint density at radius 3 is 2.50 bits per heavy atom. The fourth-order valence-electron chi connectivity index (χ4n) is 2.72. The first-order valence-corrected chi connectivity index (χ1v) is 8.56. The summed E-state index contributed by atoms with van der Waals surface area (Å²) in [5.41, 5.74) is 6.95. The molecule has 0 unspecified atom stereocenters. The SMILES string of the molecule is CNS(=O)(=O)CC(=O)N1C[C@@H](CN)[C@H](c2ccccc2)C1.Cl. The number of nitrogens with zero attached hydrogens (tertiary/aromatic N) is 1. The van der Waals surface area contributed by atoms with Gasteiger partial charge in [0.05, 0.1) is 0 Å². The molecule has 0 saturated carbocycles. The molecule has 1 heterocycles. The van der Waals surface area contributed by atoms with Crippen LogP contribution in [-0.2, 0) is 14.8 Å². The Bertz CT molecular complexity index is 595. The molecule has 124 valence electrons. The highest BCUT2D eigenvalue weighted by atomic mass is 35.5.